The Labute approximate surface area is 190 Å². The highest BCUT2D eigenvalue weighted by Crippen LogP contribution is 2.29. The SMILES string of the molecule is COc1ccc(NC(=O)C(C)OC(=O)c2ccccc2OCc2ccccc2)c([N+](=O)[O-])c1. The number of rotatable bonds is 9. The number of nitro groups is 1. The van der Waals surface area contributed by atoms with Crippen LogP contribution in [0.3, 0.4) is 0 Å². The van der Waals surface area contributed by atoms with Crippen LogP contribution >= 0.6 is 0 Å². The summed E-state index contributed by atoms with van der Waals surface area (Å²) in [7, 11) is 1.38. The normalized spacial score (nSPS) is 11.2. The lowest BCUT2D eigenvalue weighted by Gasteiger charge is -2.16. The number of amides is 1. The Morgan fingerprint density at radius 2 is 1.73 bits per heavy atom. The Morgan fingerprint density at radius 1 is 1.03 bits per heavy atom. The van der Waals surface area contributed by atoms with Gasteiger partial charge in [-0.1, -0.05) is 42.5 Å². The number of esters is 1. The zero-order valence-corrected chi connectivity index (χ0v) is 18.0. The summed E-state index contributed by atoms with van der Waals surface area (Å²) in [6, 6.07) is 20.0. The van der Waals surface area contributed by atoms with Crippen LogP contribution in [0, 0.1) is 10.1 Å². The standard InChI is InChI=1S/C24H22N2O7/c1-16(23(27)25-20-13-12-18(31-2)14-21(20)26(29)30)33-24(28)19-10-6-7-11-22(19)32-15-17-8-4-3-5-9-17/h3-14,16H,15H2,1-2H3,(H,25,27). The van der Waals surface area contributed by atoms with Gasteiger partial charge in [-0.05, 0) is 36.8 Å². The highest BCUT2D eigenvalue weighted by atomic mass is 16.6. The Morgan fingerprint density at radius 3 is 2.42 bits per heavy atom. The van der Waals surface area contributed by atoms with Gasteiger partial charge in [-0.15, -0.1) is 0 Å². The average Bonchev–Trinajstić information content (AvgIpc) is 2.83. The van der Waals surface area contributed by atoms with Crippen molar-refractivity contribution in [1.82, 2.24) is 0 Å². The highest BCUT2D eigenvalue weighted by molar-refractivity contribution is 5.99. The first-order valence-electron chi connectivity index (χ1n) is 9.99. The van der Waals surface area contributed by atoms with E-state index in [1.54, 1.807) is 18.2 Å². The molecule has 0 fully saturated rings. The van der Waals surface area contributed by atoms with E-state index in [1.165, 1.54) is 38.3 Å². The third kappa shape index (κ3) is 6.07. The van der Waals surface area contributed by atoms with Gasteiger partial charge in [0, 0.05) is 0 Å². The number of hydrogen-bond donors (Lipinski definition) is 1. The molecule has 0 saturated carbocycles. The summed E-state index contributed by atoms with van der Waals surface area (Å²) >= 11 is 0. The van der Waals surface area contributed by atoms with Crippen LogP contribution in [0.2, 0.25) is 0 Å². The highest BCUT2D eigenvalue weighted by Gasteiger charge is 2.24. The van der Waals surface area contributed by atoms with Crippen LogP contribution in [0.5, 0.6) is 11.5 Å². The van der Waals surface area contributed by atoms with E-state index in [1.807, 2.05) is 30.3 Å². The quantitative estimate of drug-likeness (QED) is 0.292. The fraction of sp³-hybridized carbons (Fsp3) is 0.167. The molecule has 3 aromatic carbocycles. The van der Waals surface area contributed by atoms with Crippen molar-refractivity contribution in [2.45, 2.75) is 19.6 Å². The molecule has 0 aromatic heterocycles. The summed E-state index contributed by atoms with van der Waals surface area (Å²) in [5, 5.41) is 13.7. The van der Waals surface area contributed by atoms with Crippen molar-refractivity contribution < 1.29 is 28.7 Å². The van der Waals surface area contributed by atoms with E-state index in [0.29, 0.717) is 5.75 Å². The summed E-state index contributed by atoms with van der Waals surface area (Å²) in [5.74, 6) is -0.902. The number of para-hydroxylation sites is 1. The molecule has 0 aliphatic heterocycles. The smallest absolute Gasteiger partial charge is 0.342 e. The topological polar surface area (TPSA) is 117 Å². The maximum Gasteiger partial charge on any atom is 0.342 e. The second kappa shape index (κ2) is 10.8. The lowest BCUT2D eigenvalue weighted by atomic mass is 10.2. The summed E-state index contributed by atoms with van der Waals surface area (Å²) in [6.45, 7) is 1.62. The molecule has 3 rings (SSSR count). The number of nitrogens with zero attached hydrogens (tertiary/aromatic N) is 1. The predicted molar refractivity (Wildman–Crippen MR) is 120 cm³/mol. The molecular formula is C24H22N2O7. The molecule has 0 bridgehead atoms. The summed E-state index contributed by atoms with van der Waals surface area (Å²) < 4.78 is 16.0. The number of nitro benzene ring substituents is 1. The van der Waals surface area contributed by atoms with E-state index in [-0.39, 0.29) is 29.3 Å². The number of benzene rings is 3. The number of carbonyl (C=O) groups excluding carboxylic acids is 2. The van der Waals surface area contributed by atoms with Gasteiger partial charge in [-0.2, -0.15) is 0 Å². The second-order valence-corrected chi connectivity index (χ2v) is 6.95. The van der Waals surface area contributed by atoms with Crippen molar-refractivity contribution in [2.24, 2.45) is 0 Å². The Balaban J connectivity index is 1.67. The van der Waals surface area contributed by atoms with Gasteiger partial charge in [0.05, 0.1) is 18.1 Å². The van der Waals surface area contributed by atoms with Crippen molar-refractivity contribution in [1.29, 1.82) is 0 Å². The number of anilines is 1. The Hall–Kier alpha value is -4.40. The number of ether oxygens (including phenoxy) is 3. The van der Waals surface area contributed by atoms with Crippen molar-refractivity contribution in [2.75, 3.05) is 12.4 Å². The Bertz CT molecular complexity index is 1150. The van der Waals surface area contributed by atoms with Crippen molar-refractivity contribution in [3.63, 3.8) is 0 Å². The third-order valence-corrected chi connectivity index (χ3v) is 4.66. The van der Waals surface area contributed by atoms with Gasteiger partial charge in [0.1, 0.15) is 29.4 Å². The Kier molecular flexibility index (Phi) is 7.59. The third-order valence-electron chi connectivity index (χ3n) is 4.66. The average molecular weight is 450 g/mol. The number of hydrogen-bond acceptors (Lipinski definition) is 7. The van der Waals surface area contributed by atoms with Crippen molar-refractivity contribution in [3.8, 4) is 11.5 Å². The molecule has 0 spiro atoms. The van der Waals surface area contributed by atoms with Gasteiger partial charge in [-0.25, -0.2) is 4.79 Å². The number of nitrogens with one attached hydrogen (secondary N) is 1. The minimum Gasteiger partial charge on any atom is -0.496 e. The monoisotopic (exact) mass is 450 g/mol. The van der Waals surface area contributed by atoms with Crippen LogP contribution in [-0.4, -0.2) is 30.0 Å². The molecule has 1 N–H and O–H groups in total. The molecule has 3 aromatic rings. The molecule has 0 aliphatic carbocycles. The molecule has 33 heavy (non-hydrogen) atoms. The molecule has 0 radical (unpaired) electrons. The van der Waals surface area contributed by atoms with Crippen LogP contribution in [-0.2, 0) is 16.1 Å². The first-order valence-corrected chi connectivity index (χ1v) is 9.99. The molecule has 1 atom stereocenters. The molecule has 1 amide bonds. The van der Waals surface area contributed by atoms with Crippen LogP contribution < -0.4 is 14.8 Å². The summed E-state index contributed by atoms with van der Waals surface area (Å²) in [6.07, 6.45) is -1.22. The molecule has 0 heterocycles. The van der Waals surface area contributed by atoms with E-state index < -0.39 is 22.9 Å². The fourth-order valence-electron chi connectivity index (χ4n) is 2.90. The van der Waals surface area contributed by atoms with Crippen LogP contribution in [0.25, 0.3) is 0 Å². The van der Waals surface area contributed by atoms with E-state index in [9.17, 15) is 19.7 Å². The molecule has 170 valence electrons. The zero-order valence-electron chi connectivity index (χ0n) is 18.0. The van der Waals surface area contributed by atoms with Crippen LogP contribution in [0.1, 0.15) is 22.8 Å². The maximum absolute atomic E-state index is 12.7. The maximum atomic E-state index is 12.7. The molecule has 1 unspecified atom stereocenters. The van der Waals surface area contributed by atoms with E-state index in [4.69, 9.17) is 14.2 Å². The summed E-state index contributed by atoms with van der Waals surface area (Å²) in [4.78, 5) is 35.9. The molecule has 9 nitrogen and oxygen atoms in total. The second-order valence-electron chi connectivity index (χ2n) is 6.95. The summed E-state index contributed by atoms with van der Waals surface area (Å²) in [5.41, 5.74) is 0.694. The minimum absolute atomic E-state index is 0.0414. The van der Waals surface area contributed by atoms with Gasteiger partial charge in [0.2, 0.25) is 0 Å². The van der Waals surface area contributed by atoms with Crippen LogP contribution in [0.15, 0.2) is 72.8 Å². The van der Waals surface area contributed by atoms with Gasteiger partial charge < -0.3 is 19.5 Å². The van der Waals surface area contributed by atoms with Crippen molar-refractivity contribution >= 4 is 23.3 Å². The lowest BCUT2D eigenvalue weighted by molar-refractivity contribution is -0.384. The first kappa shape index (κ1) is 23.3. The zero-order chi connectivity index (χ0) is 23.8. The van der Waals surface area contributed by atoms with Gasteiger partial charge in [-0.3, -0.25) is 14.9 Å². The fourth-order valence-corrected chi connectivity index (χ4v) is 2.90. The van der Waals surface area contributed by atoms with Gasteiger partial charge in [0.15, 0.2) is 6.10 Å². The van der Waals surface area contributed by atoms with Gasteiger partial charge >= 0.3 is 5.97 Å². The van der Waals surface area contributed by atoms with E-state index in [0.717, 1.165) is 5.56 Å². The van der Waals surface area contributed by atoms with Gasteiger partial charge in [0.25, 0.3) is 11.6 Å². The molecular weight excluding hydrogens is 428 g/mol. The number of methoxy groups -OCH3 is 1. The van der Waals surface area contributed by atoms with E-state index >= 15 is 0 Å². The molecule has 0 saturated heterocycles. The first-order chi connectivity index (χ1) is 15.9. The molecule has 0 aliphatic rings. The predicted octanol–water partition coefficient (Wildman–Crippen LogP) is 4.37. The minimum atomic E-state index is -1.22. The van der Waals surface area contributed by atoms with Crippen molar-refractivity contribution in [3.05, 3.63) is 94.0 Å². The van der Waals surface area contributed by atoms with Crippen LogP contribution in [0.4, 0.5) is 11.4 Å². The number of carbonyl (C=O) groups is 2. The lowest BCUT2D eigenvalue weighted by Crippen LogP contribution is -2.30. The van der Waals surface area contributed by atoms with E-state index in [2.05, 4.69) is 5.32 Å². The molecule has 9 heteroatoms. The largest absolute Gasteiger partial charge is 0.496 e.